The smallest absolute Gasteiger partial charge is 0.244 e. The number of benzene rings is 2. The fourth-order valence-electron chi connectivity index (χ4n) is 3.33. The Hall–Kier alpha value is -2.65. The Bertz CT molecular complexity index is 1130. The second-order valence-corrected chi connectivity index (χ2v) is 10.7. The van der Waals surface area contributed by atoms with E-state index in [1.807, 2.05) is 13.8 Å². The first-order valence-corrected chi connectivity index (χ1v) is 13.1. The molecule has 0 fully saturated rings. The predicted molar refractivity (Wildman–Crippen MR) is 133 cm³/mol. The van der Waals surface area contributed by atoms with Crippen LogP contribution in [0.25, 0.3) is 0 Å². The van der Waals surface area contributed by atoms with E-state index in [0.29, 0.717) is 28.3 Å². The Morgan fingerprint density at radius 2 is 1.74 bits per heavy atom. The molecular formula is C24H31ClFN3O4S. The number of amides is 2. The van der Waals surface area contributed by atoms with E-state index in [-0.39, 0.29) is 18.5 Å². The highest BCUT2D eigenvalue weighted by molar-refractivity contribution is 7.92. The minimum atomic E-state index is -3.84. The van der Waals surface area contributed by atoms with Gasteiger partial charge in [-0.2, -0.15) is 0 Å². The summed E-state index contributed by atoms with van der Waals surface area (Å²) in [5, 5.41) is 3.29. The molecule has 10 heteroatoms. The highest BCUT2D eigenvalue weighted by atomic mass is 35.5. The van der Waals surface area contributed by atoms with Crippen LogP contribution in [-0.4, -0.2) is 50.0 Å². The molecule has 0 radical (unpaired) electrons. The number of rotatable bonds is 10. The SMILES string of the molecule is CC[C@@H](C)NC(=O)[C@@H](C)N(Cc1ccc(F)cc1)C(=O)CN(c1ccc(Cl)cc1C)S(C)(=O)=O. The van der Waals surface area contributed by atoms with Gasteiger partial charge in [0.05, 0.1) is 11.9 Å². The van der Waals surface area contributed by atoms with Gasteiger partial charge in [0, 0.05) is 17.6 Å². The number of hydrogen-bond donors (Lipinski definition) is 1. The number of nitrogens with one attached hydrogen (secondary N) is 1. The molecule has 2 rings (SSSR count). The van der Waals surface area contributed by atoms with Crippen LogP contribution in [0.2, 0.25) is 5.02 Å². The number of carbonyl (C=O) groups is 2. The number of halogens is 2. The normalized spacial score (nSPS) is 13.1. The number of aryl methyl sites for hydroxylation is 1. The van der Waals surface area contributed by atoms with Gasteiger partial charge < -0.3 is 10.2 Å². The average Bonchev–Trinajstić information content (AvgIpc) is 2.76. The monoisotopic (exact) mass is 511 g/mol. The molecule has 0 aliphatic heterocycles. The lowest BCUT2D eigenvalue weighted by molar-refractivity contribution is -0.139. The van der Waals surface area contributed by atoms with Crippen molar-refractivity contribution >= 4 is 39.1 Å². The van der Waals surface area contributed by atoms with Crippen molar-refractivity contribution in [2.24, 2.45) is 0 Å². The molecule has 0 bridgehead atoms. The summed E-state index contributed by atoms with van der Waals surface area (Å²) in [6, 6.07) is 9.28. The number of anilines is 1. The van der Waals surface area contributed by atoms with Gasteiger partial charge in [0.25, 0.3) is 0 Å². The van der Waals surface area contributed by atoms with E-state index in [9.17, 15) is 22.4 Å². The number of hydrogen-bond acceptors (Lipinski definition) is 4. The van der Waals surface area contributed by atoms with E-state index in [2.05, 4.69) is 5.32 Å². The van der Waals surface area contributed by atoms with Crippen LogP contribution >= 0.6 is 11.6 Å². The Morgan fingerprint density at radius 1 is 1.12 bits per heavy atom. The summed E-state index contributed by atoms with van der Waals surface area (Å²) < 4.78 is 39.6. The van der Waals surface area contributed by atoms with Gasteiger partial charge in [0.1, 0.15) is 18.4 Å². The Morgan fingerprint density at radius 3 is 2.26 bits per heavy atom. The second-order valence-electron chi connectivity index (χ2n) is 8.34. The molecule has 34 heavy (non-hydrogen) atoms. The molecule has 0 aliphatic rings. The van der Waals surface area contributed by atoms with Gasteiger partial charge in [-0.15, -0.1) is 0 Å². The van der Waals surface area contributed by atoms with E-state index in [1.54, 1.807) is 26.0 Å². The third kappa shape index (κ3) is 7.43. The van der Waals surface area contributed by atoms with E-state index in [0.717, 1.165) is 10.6 Å². The van der Waals surface area contributed by atoms with E-state index < -0.39 is 34.3 Å². The van der Waals surface area contributed by atoms with Crippen LogP contribution < -0.4 is 9.62 Å². The standard InChI is InChI=1S/C24H31ClFN3O4S/c1-6-17(3)27-24(31)18(4)28(14-19-7-10-21(26)11-8-19)23(30)15-29(34(5,32)33)22-12-9-20(25)13-16(22)2/h7-13,17-18H,6,14-15H2,1-5H3,(H,27,31)/t17-,18-/m1/s1. The summed E-state index contributed by atoms with van der Waals surface area (Å²) in [5.41, 5.74) is 1.50. The third-order valence-corrected chi connectivity index (χ3v) is 6.90. The first-order chi connectivity index (χ1) is 15.8. The van der Waals surface area contributed by atoms with Crippen LogP contribution in [0, 0.1) is 12.7 Å². The van der Waals surface area contributed by atoms with Crippen molar-refractivity contribution in [1.82, 2.24) is 10.2 Å². The largest absolute Gasteiger partial charge is 0.352 e. The van der Waals surface area contributed by atoms with Gasteiger partial charge in [-0.05, 0) is 68.7 Å². The number of nitrogens with zero attached hydrogens (tertiary/aromatic N) is 2. The molecule has 2 amide bonds. The highest BCUT2D eigenvalue weighted by Crippen LogP contribution is 2.26. The molecule has 1 N–H and O–H groups in total. The van der Waals surface area contributed by atoms with Gasteiger partial charge in [-0.1, -0.05) is 30.7 Å². The maximum Gasteiger partial charge on any atom is 0.244 e. The van der Waals surface area contributed by atoms with Crippen LogP contribution in [0.5, 0.6) is 0 Å². The summed E-state index contributed by atoms with van der Waals surface area (Å²) in [4.78, 5) is 27.6. The summed E-state index contributed by atoms with van der Waals surface area (Å²) in [6.45, 7) is 6.55. The average molecular weight is 512 g/mol. The minimum absolute atomic E-state index is 0.00536. The summed E-state index contributed by atoms with van der Waals surface area (Å²) in [6.07, 6.45) is 1.72. The molecule has 0 aromatic heterocycles. The zero-order valence-corrected chi connectivity index (χ0v) is 21.6. The third-order valence-electron chi connectivity index (χ3n) is 5.54. The zero-order valence-electron chi connectivity index (χ0n) is 20.0. The van der Waals surface area contributed by atoms with Crippen LogP contribution in [0.4, 0.5) is 10.1 Å². The summed E-state index contributed by atoms with van der Waals surface area (Å²) in [5.74, 6) is -1.36. The molecule has 0 spiro atoms. The Kier molecular flexibility index (Phi) is 9.46. The van der Waals surface area contributed by atoms with Crippen LogP contribution in [0.1, 0.15) is 38.3 Å². The van der Waals surface area contributed by atoms with Gasteiger partial charge in [-0.25, -0.2) is 12.8 Å². The molecule has 0 heterocycles. The summed E-state index contributed by atoms with van der Waals surface area (Å²) in [7, 11) is -3.84. The molecule has 7 nitrogen and oxygen atoms in total. The molecule has 0 unspecified atom stereocenters. The van der Waals surface area contributed by atoms with Crippen molar-refractivity contribution in [3.05, 3.63) is 64.4 Å². The van der Waals surface area contributed by atoms with Crippen molar-refractivity contribution in [3.8, 4) is 0 Å². The molecule has 0 saturated carbocycles. The predicted octanol–water partition coefficient (Wildman–Crippen LogP) is 3.89. The maximum atomic E-state index is 13.5. The lowest BCUT2D eigenvalue weighted by atomic mass is 10.1. The van der Waals surface area contributed by atoms with Crippen LogP contribution in [0.15, 0.2) is 42.5 Å². The van der Waals surface area contributed by atoms with Crippen LogP contribution in [-0.2, 0) is 26.2 Å². The lowest BCUT2D eigenvalue weighted by Gasteiger charge is -2.32. The molecule has 0 aliphatic carbocycles. The summed E-state index contributed by atoms with van der Waals surface area (Å²) >= 11 is 6.01. The van der Waals surface area contributed by atoms with Crippen molar-refractivity contribution < 1.29 is 22.4 Å². The van der Waals surface area contributed by atoms with Crippen LogP contribution in [0.3, 0.4) is 0 Å². The maximum absolute atomic E-state index is 13.5. The van der Waals surface area contributed by atoms with E-state index in [4.69, 9.17) is 11.6 Å². The number of carbonyl (C=O) groups excluding carboxylic acids is 2. The van der Waals surface area contributed by atoms with Crippen molar-refractivity contribution in [2.75, 3.05) is 17.1 Å². The molecular weight excluding hydrogens is 481 g/mol. The quantitative estimate of drug-likeness (QED) is 0.524. The lowest BCUT2D eigenvalue weighted by Crippen LogP contribution is -2.52. The fourth-order valence-corrected chi connectivity index (χ4v) is 4.46. The van der Waals surface area contributed by atoms with Crippen molar-refractivity contribution in [1.29, 1.82) is 0 Å². The minimum Gasteiger partial charge on any atom is -0.352 e. The fraction of sp³-hybridized carbons (Fsp3) is 0.417. The number of sulfonamides is 1. The first-order valence-electron chi connectivity index (χ1n) is 10.9. The molecule has 0 saturated heterocycles. The molecule has 2 aromatic carbocycles. The van der Waals surface area contributed by atoms with Gasteiger partial charge in [0.15, 0.2) is 0 Å². The van der Waals surface area contributed by atoms with Crippen molar-refractivity contribution in [3.63, 3.8) is 0 Å². The molecule has 2 aromatic rings. The zero-order chi connectivity index (χ0) is 25.6. The van der Waals surface area contributed by atoms with E-state index >= 15 is 0 Å². The topological polar surface area (TPSA) is 86.8 Å². The highest BCUT2D eigenvalue weighted by Gasteiger charge is 2.31. The van der Waals surface area contributed by atoms with Gasteiger partial charge in [-0.3, -0.25) is 13.9 Å². The first kappa shape index (κ1) is 27.6. The molecule has 2 atom stereocenters. The van der Waals surface area contributed by atoms with Gasteiger partial charge >= 0.3 is 0 Å². The Labute approximate surface area is 205 Å². The van der Waals surface area contributed by atoms with Crippen molar-refractivity contribution in [2.45, 2.75) is 52.7 Å². The Balaban J connectivity index is 2.41. The second kappa shape index (κ2) is 11.7. The molecule has 186 valence electrons. The van der Waals surface area contributed by atoms with Gasteiger partial charge in [0.2, 0.25) is 21.8 Å². The van der Waals surface area contributed by atoms with E-state index in [1.165, 1.54) is 35.2 Å².